The van der Waals surface area contributed by atoms with Crippen LogP contribution in [0.1, 0.15) is 23.4 Å². The number of likely N-dealkylation sites (tertiary alicyclic amines) is 1. The van der Waals surface area contributed by atoms with E-state index in [9.17, 15) is 9.90 Å². The number of benzene rings is 1. The zero-order valence-electron chi connectivity index (χ0n) is 14.7. The molecule has 6 nitrogen and oxygen atoms in total. The lowest BCUT2D eigenvalue weighted by atomic mass is 10.0. The van der Waals surface area contributed by atoms with Crippen molar-refractivity contribution >= 4 is 5.91 Å². The van der Waals surface area contributed by atoms with Crippen molar-refractivity contribution in [2.45, 2.75) is 32.3 Å². The summed E-state index contributed by atoms with van der Waals surface area (Å²) in [5.74, 6) is 0.932. The van der Waals surface area contributed by atoms with Crippen LogP contribution in [0.4, 0.5) is 0 Å². The second-order valence-corrected chi connectivity index (χ2v) is 6.72. The van der Waals surface area contributed by atoms with Crippen molar-refractivity contribution in [1.29, 1.82) is 0 Å². The van der Waals surface area contributed by atoms with Crippen LogP contribution >= 0.6 is 0 Å². The number of aryl methyl sites for hydroxylation is 2. The summed E-state index contributed by atoms with van der Waals surface area (Å²) in [6.45, 7) is 2.95. The molecule has 2 unspecified atom stereocenters. The summed E-state index contributed by atoms with van der Waals surface area (Å²) >= 11 is 0. The normalized spacial score (nSPS) is 20.0. The van der Waals surface area contributed by atoms with Crippen LogP contribution in [-0.4, -0.2) is 52.4 Å². The van der Waals surface area contributed by atoms with Crippen molar-refractivity contribution in [2.75, 3.05) is 20.2 Å². The number of aromatic nitrogens is 2. The fourth-order valence-electron chi connectivity index (χ4n) is 3.34. The maximum atomic E-state index is 12.5. The van der Waals surface area contributed by atoms with E-state index in [2.05, 4.69) is 10.2 Å². The average molecular weight is 343 g/mol. The number of H-pyrrole nitrogens is 1. The zero-order valence-corrected chi connectivity index (χ0v) is 14.7. The van der Waals surface area contributed by atoms with Gasteiger partial charge in [0.25, 0.3) is 0 Å². The fourth-order valence-corrected chi connectivity index (χ4v) is 3.34. The number of carbonyl (C=O) groups excluding carboxylic acids is 1. The highest BCUT2D eigenvalue weighted by Gasteiger charge is 2.34. The molecular formula is C19H25N3O3. The molecule has 0 radical (unpaired) electrons. The van der Waals surface area contributed by atoms with E-state index in [4.69, 9.17) is 4.74 Å². The number of aliphatic hydroxyl groups is 1. The van der Waals surface area contributed by atoms with Gasteiger partial charge in [-0.15, -0.1) is 0 Å². The molecule has 0 saturated carbocycles. The minimum atomic E-state index is -0.488. The molecule has 0 bridgehead atoms. The predicted octanol–water partition coefficient (Wildman–Crippen LogP) is 1.72. The summed E-state index contributed by atoms with van der Waals surface area (Å²) in [6.07, 6.45) is 1.31. The topological polar surface area (TPSA) is 78.5 Å². The molecule has 1 aromatic carbocycles. The molecule has 1 saturated heterocycles. The van der Waals surface area contributed by atoms with E-state index in [1.165, 1.54) is 0 Å². The highest BCUT2D eigenvalue weighted by atomic mass is 16.5. The van der Waals surface area contributed by atoms with Gasteiger partial charge in [-0.05, 0) is 43.5 Å². The smallest absolute Gasteiger partial charge is 0.223 e. The zero-order chi connectivity index (χ0) is 17.8. The molecule has 25 heavy (non-hydrogen) atoms. The van der Waals surface area contributed by atoms with Crippen molar-refractivity contribution < 1.29 is 14.6 Å². The Morgan fingerprint density at radius 2 is 2.24 bits per heavy atom. The number of β-amino-alcohol motifs (C(OH)–C–C–N with tert-alkyl or cyclic N) is 1. The van der Waals surface area contributed by atoms with Crippen LogP contribution in [-0.2, 0) is 17.6 Å². The van der Waals surface area contributed by atoms with Crippen molar-refractivity contribution in [3.05, 3.63) is 47.3 Å². The van der Waals surface area contributed by atoms with Gasteiger partial charge in [-0.25, -0.2) is 0 Å². The Kier molecular flexibility index (Phi) is 5.38. The molecule has 6 heteroatoms. The number of hydrogen-bond acceptors (Lipinski definition) is 4. The largest absolute Gasteiger partial charge is 0.497 e. The number of methoxy groups -OCH3 is 1. The summed E-state index contributed by atoms with van der Waals surface area (Å²) in [5.41, 5.74) is 3.02. The van der Waals surface area contributed by atoms with Gasteiger partial charge in [-0.3, -0.25) is 9.89 Å². The van der Waals surface area contributed by atoms with Crippen LogP contribution in [0.3, 0.4) is 0 Å². The Balaban J connectivity index is 1.52. The van der Waals surface area contributed by atoms with Crippen molar-refractivity contribution in [3.63, 3.8) is 0 Å². The fraction of sp³-hybridized carbons (Fsp3) is 0.474. The van der Waals surface area contributed by atoms with Gasteiger partial charge in [0, 0.05) is 31.1 Å². The Hall–Kier alpha value is -2.34. The van der Waals surface area contributed by atoms with Crippen LogP contribution in [0.2, 0.25) is 0 Å². The molecule has 2 aromatic rings. The van der Waals surface area contributed by atoms with Gasteiger partial charge in [0.05, 0.1) is 18.9 Å². The molecule has 2 heterocycles. The first-order valence-electron chi connectivity index (χ1n) is 8.65. The van der Waals surface area contributed by atoms with E-state index < -0.39 is 6.10 Å². The van der Waals surface area contributed by atoms with Crippen LogP contribution in [0, 0.1) is 12.8 Å². The second-order valence-electron chi connectivity index (χ2n) is 6.72. The number of aromatic amines is 1. The quantitative estimate of drug-likeness (QED) is 0.837. The number of amides is 1. The summed E-state index contributed by atoms with van der Waals surface area (Å²) in [7, 11) is 1.64. The molecule has 0 spiro atoms. The molecule has 3 rings (SSSR count). The third kappa shape index (κ3) is 4.39. The lowest BCUT2D eigenvalue weighted by Crippen LogP contribution is -2.29. The van der Waals surface area contributed by atoms with Gasteiger partial charge < -0.3 is 14.7 Å². The first kappa shape index (κ1) is 17.5. The summed E-state index contributed by atoms with van der Waals surface area (Å²) in [4.78, 5) is 14.3. The van der Waals surface area contributed by atoms with Crippen molar-refractivity contribution in [3.8, 4) is 5.75 Å². The van der Waals surface area contributed by atoms with Crippen LogP contribution in [0.5, 0.6) is 5.75 Å². The molecule has 1 aliphatic heterocycles. The Bertz CT molecular complexity index is 728. The molecule has 1 amide bonds. The van der Waals surface area contributed by atoms with Crippen LogP contribution in [0.25, 0.3) is 0 Å². The Labute approximate surface area is 147 Å². The highest BCUT2D eigenvalue weighted by molar-refractivity contribution is 5.76. The van der Waals surface area contributed by atoms with E-state index in [-0.39, 0.29) is 11.8 Å². The lowest BCUT2D eigenvalue weighted by Gasteiger charge is -2.16. The third-order valence-electron chi connectivity index (χ3n) is 4.75. The molecule has 1 aromatic heterocycles. The van der Waals surface area contributed by atoms with Gasteiger partial charge in [0.15, 0.2) is 0 Å². The predicted molar refractivity (Wildman–Crippen MR) is 94.4 cm³/mol. The van der Waals surface area contributed by atoms with E-state index in [0.717, 1.165) is 22.7 Å². The number of ether oxygens (including phenoxy) is 1. The van der Waals surface area contributed by atoms with E-state index in [1.54, 1.807) is 12.0 Å². The molecule has 0 aliphatic carbocycles. The van der Waals surface area contributed by atoms with Gasteiger partial charge in [0.2, 0.25) is 5.91 Å². The number of rotatable bonds is 6. The number of nitrogens with one attached hydrogen (secondary N) is 1. The van der Waals surface area contributed by atoms with Crippen LogP contribution in [0.15, 0.2) is 30.3 Å². The van der Waals surface area contributed by atoms with Gasteiger partial charge in [-0.2, -0.15) is 5.10 Å². The second kappa shape index (κ2) is 7.70. The molecule has 2 atom stereocenters. The van der Waals surface area contributed by atoms with Crippen LogP contribution < -0.4 is 4.74 Å². The molecule has 2 N–H and O–H groups in total. The average Bonchev–Trinajstić information content (AvgIpc) is 3.19. The number of nitrogens with zero attached hydrogens (tertiary/aromatic N) is 2. The monoisotopic (exact) mass is 343 g/mol. The summed E-state index contributed by atoms with van der Waals surface area (Å²) < 4.78 is 5.21. The number of hydrogen-bond donors (Lipinski definition) is 2. The minimum absolute atomic E-state index is 0.0449. The van der Waals surface area contributed by atoms with Crippen molar-refractivity contribution in [1.82, 2.24) is 15.1 Å². The number of aliphatic hydroxyl groups excluding tert-OH is 1. The SMILES string of the molecule is COc1cccc(CCC(=O)N2CC(O)C(Cc3cc(C)[nH]n3)C2)c1. The highest BCUT2D eigenvalue weighted by Crippen LogP contribution is 2.22. The number of carbonyl (C=O) groups is 1. The lowest BCUT2D eigenvalue weighted by molar-refractivity contribution is -0.130. The van der Waals surface area contributed by atoms with Gasteiger partial charge in [0.1, 0.15) is 5.75 Å². The van der Waals surface area contributed by atoms with E-state index >= 15 is 0 Å². The Morgan fingerprint density at radius 3 is 2.96 bits per heavy atom. The first-order valence-corrected chi connectivity index (χ1v) is 8.65. The van der Waals surface area contributed by atoms with E-state index in [1.807, 2.05) is 37.3 Å². The first-order chi connectivity index (χ1) is 12.0. The molecule has 134 valence electrons. The molecule has 1 aliphatic rings. The summed E-state index contributed by atoms with van der Waals surface area (Å²) in [6, 6.07) is 9.76. The molecular weight excluding hydrogens is 318 g/mol. The van der Waals surface area contributed by atoms with Gasteiger partial charge >= 0.3 is 0 Å². The maximum absolute atomic E-state index is 12.5. The minimum Gasteiger partial charge on any atom is -0.497 e. The third-order valence-corrected chi connectivity index (χ3v) is 4.75. The summed E-state index contributed by atoms with van der Waals surface area (Å²) in [5, 5.41) is 17.4. The van der Waals surface area contributed by atoms with E-state index in [0.29, 0.717) is 32.4 Å². The standard InChI is InChI=1S/C19H25N3O3/c1-13-8-16(21-20-13)10-15-11-22(12-18(15)23)19(24)7-6-14-4-3-5-17(9-14)25-2/h3-5,8-9,15,18,23H,6-7,10-12H2,1-2H3,(H,20,21). The Morgan fingerprint density at radius 1 is 1.40 bits per heavy atom. The maximum Gasteiger partial charge on any atom is 0.223 e. The van der Waals surface area contributed by atoms with Crippen molar-refractivity contribution in [2.24, 2.45) is 5.92 Å². The molecule has 1 fully saturated rings. The van der Waals surface area contributed by atoms with Gasteiger partial charge in [-0.1, -0.05) is 12.1 Å².